The molecular weight excluding hydrogens is 434 g/mol. The maximum absolute atomic E-state index is 11.4. The van der Waals surface area contributed by atoms with Crippen LogP contribution in [0.1, 0.15) is 39.5 Å². The van der Waals surface area contributed by atoms with E-state index in [-0.39, 0.29) is 17.6 Å². The lowest BCUT2D eigenvalue weighted by atomic mass is 10.0. The van der Waals surface area contributed by atoms with Gasteiger partial charge in [-0.15, -0.1) is 0 Å². The second-order valence-corrected chi connectivity index (χ2v) is 8.31. The van der Waals surface area contributed by atoms with Crippen molar-refractivity contribution in [2.45, 2.75) is 19.0 Å². The highest BCUT2D eigenvalue weighted by molar-refractivity contribution is 7.80. The molecule has 1 fully saturated rings. The molecule has 164 valence electrons. The van der Waals surface area contributed by atoms with Gasteiger partial charge < -0.3 is 19.7 Å². The summed E-state index contributed by atoms with van der Waals surface area (Å²) in [5.41, 5.74) is 3.87. The van der Waals surface area contributed by atoms with Gasteiger partial charge in [-0.05, 0) is 67.7 Å². The normalized spacial score (nSPS) is 17.7. The summed E-state index contributed by atoms with van der Waals surface area (Å²) in [6.45, 7) is 2.04. The van der Waals surface area contributed by atoms with E-state index in [4.69, 9.17) is 16.6 Å². The Morgan fingerprint density at radius 2 is 1.88 bits per heavy atom. The molecule has 0 amide bonds. The highest BCUT2D eigenvalue weighted by Crippen LogP contribution is 2.42. The Hall–Kier alpha value is -3.97. The molecule has 0 radical (unpaired) electrons. The molecule has 3 heterocycles. The van der Waals surface area contributed by atoms with Crippen LogP contribution < -0.4 is 10.2 Å². The Labute approximate surface area is 196 Å². The number of rotatable bonds is 5. The molecule has 0 aliphatic carbocycles. The summed E-state index contributed by atoms with van der Waals surface area (Å²) < 4.78 is 6.30. The van der Waals surface area contributed by atoms with Crippen molar-refractivity contribution >= 4 is 29.0 Å². The molecule has 0 saturated carbocycles. The molecule has 0 spiro atoms. The second-order valence-electron chi connectivity index (χ2n) is 7.92. The fourth-order valence-corrected chi connectivity index (χ4v) is 4.45. The number of thiocarbonyl (C=S) groups is 1. The zero-order chi connectivity index (χ0) is 22.9. The Morgan fingerprint density at radius 1 is 1.06 bits per heavy atom. The predicted molar refractivity (Wildman–Crippen MR) is 130 cm³/mol. The summed E-state index contributed by atoms with van der Waals surface area (Å²) in [6, 6.07) is 24.0. The van der Waals surface area contributed by atoms with Crippen molar-refractivity contribution < 1.29 is 14.3 Å². The third-order valence-electron chi connectivity index (χ3n) is 5.72. The lowest BCUT2D eigenvalue weighted by Gasteiger charge is -2.26. The molecule has 4 aromatic rings. The van der Waals surface area contributed by atoms with E-state index in [0.717, 1.165) is 16.9 Å². The van der Waals surface area contributed by atoms with Gasteiger partial charge in [0.15, 0.2) is 5.11 Å². The number of furan rings is 1. The predicted octanol–water partition coefficient (Wildman–Crippen LogP) is 5.53. The highest BCUT2D eigenvalue weighted by Gasteiger charge is 2.42. The number of hydrogen-bond acceptors (Lipinski definition) is 4. The zero-order valence-corrected chi connectivity index (χ0v) is 18.6. The molecule has 2 N–H and O–H groups in total. The van der Waals surface area contributed by atoms with Crippen molar-refractivity contribution in [2.24, 2.45) is 0 Å². The van der Waals surface area contributed by atoms with Crippen molar-refractivity contribution in [3.63, 3.8) is 0 Å². The van der Waals surface area contributed by atoms with Gasteiger partial charge >= 0.3 is 5.97 Å². The summed E-state index contributed by atoms with van der Waals surface area (Å²) in [6.07, 6.45) is 1.76. The average molecular weight is 456 g/mol. The minimum Gasteiger partial charge on any atom is -0.478 e. The summed E-state index contributed by atoms with van der Waals surface area (Å²) in [5.74, 6) is 0.318. The Balaban J connectivity index is 1.58. The number of hydrogen-bond donors (Lipinski definition) is 2. The lowest BCUT2D eigenvalue weighted by molar-refractivity contribution is 0.0697. The molecule has 2 aromatic heterocycles. The monoisotopic (exact) mass is 455 g/mol. The van der Waals surface area contributed by atoms with E-state index in [1.165, 1.54) is 0 Å². The van der Waals surface area contributed by atoms with Gasteiger partial charge in [0.1, 0.15) is 17.6 Å². The maximum atomic E-state index is 11.4. The van der Waals surface area contributed by atoms with Gasteiger partial charge in [0, 0.05) is 17.4 Å². The van der Waals surface area contributed by atoms with Crippen LogP contribution in [0.15, 0.2) is 89.5 Å². The van der Waals surface area contributed by atoms with Gasteiger partial charge in [-0.3, -0.25) is 4.98 Å². The summed E-state index contributed by atoms with van der Waals surface area (Å²) in [4.78, 5) is 18.0. The Kier molecular flexibility index (Phi) is 5.40. The molecule has 0 bridgehead atoms. The van der Waals surface area contributed by atoms with E-state index in [1.54, 1.807) is 24.4 Å². The van der Waals surface area contributed by atoms with Crippen molar-refractivity contribution in [3.05, 3.63) is 108 Å². The fraction of sp³-hybridized carbons (Fsp3) is 0.115. The van der Waals surface area contributed by atoms with Gasteiger partial charge in [0.25, 0.3) is 0 Å². The van der Waals surface area contributed by atoms with Gasteiger partial charge in [-0.2, -0.15) is 0 Å². The van der Waals surface area contributed by atoms with E-state index in [2.05, 4.69) is 10.3 Å². The first-order chi connectivity index (χ1) is 16.0. The molecule has 5 rings (SSSR count). The van der Waals surface area contributed by atoms with Crippen LogP contribution >= 0.6 is 12.2 Å². The number of aromatic carboxylic acids is 1. The SMILES string of the molecule is Cc1ccc(N2C(=S)N[C@@H](c3ccccn3)[C@@H]2c2ccc(-c3cccc(C(=O)O)c3)o2)cc1. The topological polar surface area (TPSA) is 78.6 Å². The maximum Gasteiger partial charge on any atom is 0.335 e. The van der Waals surface area contributed by atoms with Crippen LogP contribution in [0.25, 0.3) is 11.3 Å². The smallest absolute Gasteiger partial charge is 0.335 e. The van der Waals surface area contributed by atoms with E-state index < -0.39 is 5.97 Å². The molecule has 6 nitrogen and oxygen atoms in total. The largest absolute Gasteiger partial charge is 0.478 e. The number of carboxylic acid groups (broad SMARTS) is 1. The molecule has 2 atom stereocenters. The van der Waals surface area contributed by atoms with Gasteiger partial charge in [-0.25, -0.2) is 4.79 Å². The second kappa shape index (κ2) is 8.52. The minimum absolute atomic E-state index is 0.210. The molecule has 1 aliphatic heterocycles. The third kappa shape index (κ3) is 3.99. The molecule has 1 aliphatic rings. The molecule has 2 aromatic carbocycles. The first kappa shape index (κ1) is 20.9. The summed E-state index contributed by atoms with van der Waals surface area (Å²) in [5, 5.41) is 13.3. The van der Waals surface area contributed by atoms with Crippen LogP contribution in [0.5, 0.6) is 0 Å². The molecular formula is C26H21N3O3S. The summed E-state index contributed by atoms with van der Waals surface area (Å²) in [7, 11) is 0. The minimum atomic E-state index is -0.977. The Morgan fingerprint density at radius 3 is 2.61 bits per heavy atom. The van der Waals surface area contributed by atoms with E-state index >= 15 is 0 Å². The van der Waals surface area contributed by atoms with Crippen LogP contribution in [0.3, 0.4) is 0 Å². The van der Waals surface area contributed by atoms with Crippen LogP contribution in [-0.4, -0.2) is 21.2 Å². The lowest BCUT2D eigenvalue weighted by Crippen LogP contribution is -2.29. The number of carbonyl (C=O) groups is 1. The van der Waals surface area contributed by atoms with Crippen LogP contribution in [0.4, 0.5) is 5.69 Å². The third-order valence-corrected chi connectivity index (χ3v) is 6.04. The van der Waals surface area contributed by atoms with Crippen molar-refractivity contribution in [3.8, 4) is 11.3 Å². The highest BCUT2D eigenvalue weighted by atomic mass is 32.1. The number of pyridine rings is 1. The van der Waals surface area contributed by atoms with E-state index in [0.29, 0.717) is 22.2 Å². The zero-order valence-electron chi connectivity index (χ0n) is 17.8. The van der Waals surface area contributed by atoms with E-state index in [9.17, 15) is 9.90 Å². The number of benzene rings is 2. The number of carboxylic acids is 1. The quantitative estimate of drug-likeness (QED) is 0.383. The van der Waals surface area contributed by atoms with Crippen molar-refractivity contribution in [2.75, 3.05) is 4.90 Å². The van der Waals surface area contributed by atoms with Gasteiger partial charge in [0.2, 0.25) is 0 Å². The Bertz CT molecular complexity index is 1320. The first-order valence-corrected chi connectivity index (χ1v) is 10.9. The van der Waals surface area contributed by atoms with Crippen molar-refractivity contribution in [1.82, 2.24) is 10.3 Å². The van der Waals surface area contributed by atoms with Gasteiger partial charge in [-0.1, -0.05) is 35.9 Å². The standard InChI is InChI=1S/C26H21N3O3S/c1-16-8-10-19(11-9-16)29-24(23(28-26(29)33)20-7-2-3-14-27-20)22-13-12-21(32-22)17-5-4-6-18(15-17)25(30)31/h2-15,23-24H,1H3,(H,28,33)(H,30,31)/t23-,24-/m0/s1. The average Bonchev–Trinajstić information content (AvgIpc) is 3.45. The number of nitrogens with zero attached hydrogens (tertiary/aromatic N) is 2. The van der Waals surface area contributed by atoms with Crippen LogP contribution in [0, 0.1) is 6.92 Å². The first-order valence-electron chi connectivity index (χ1n) is 10.5. The number of aromatic nitrogens is 1. The molecule has 7 heteroatoms. The van der Waals surface area contributed by atoms with E-state index in [1.807, 2.05) is 72.5 Å². The number of nitrogens with one attached hydrogen (secondary N) is 1. The van der Waals surface area contributed by atoms with Crippen molar-refractivity contribution in [1.29, 1.82) is 0 Å². The fourth-order valence-electron chi connectivity index (χ4n) is 4.10. The van der Waals surface area contributed by atoms with Crippen LogP contribution in [0.2, 0.25) is 0 Å². The number of aryl methyl sites for hydroxylation is 1. The molecule has 0 unspecified atom stereocenters. The van der Waals surface area contributed by atoms with Gasteiger partial charge in [0.05, 0.1) is 17.3 Å². The molecule has 33 heavy (non-hydrogen) atoms. The van der Waals surface area contributed by atoms with Crippen LogP contribution in [-0.2, 0) is 0 Å². The number of anilines is 1. The summed E-state index contributed by atoms with van der Waals surface area (Å²) >= 11 is 5.74. The molecule has 1 saturated heterocycles.